The van der Waals surface area contributed by atoms with Gasteiger partial charge in [-0.3, -0.25) is 0 Å². The molecule has 9 heteroatoms. The lowest BCUT2D eigenvalue weighted by Gasteiger charge is -2.12. The number of methoxy groups -OCH3 is 1. The number of sulfonamides is 1. The average Bonchev–Trinajstić information content (AvgIpc) is 2.41. The van der Waals surface area contributed by atoms with E-state index in [-0.39, 0.29) is 11.5 Å². The molecule has 2 N–H and O–H groups in total. The molecule has 0 atom stereocenters. The van der Waals surface area contributed by atoms with Gasteiger partial charge in [0.05, 0.1) is 13.4 Å². The predicted molar refractivity (Wildman–Crippen MR) is 78.8 cm³/mol. The van der Waals surface area contributed by atoms with E-state index in [2.05, 4.69) is 14.8 Å². The Bertz CT molecular complexity index is 567. The van der Waals surface area contributed by atoms with Crippen molar-refractivity contribution in [1.82, 2.24) is 10.0 Å². The number of rotatable bonds is 10. The van der Waals surface area contributed by atoms with E-state index in [0.29, 0.717) is 26.1 Å². The summed E-state index contributed by atoms with van der Waals surface area (Å²) < 4.78 is 58.0. The van der Waals surface area contributed by atoms with Crippen LogP contribution in [0.2, 0.25) is 0 Å². The van der Waals surface area contributed by atoms with E-state index < -0.39 is 16.6 Å². The summed E-state index contributed by atoms with van der Waals surface area (Å²) >= 11 is 0. The van der Waals surface area contributed by atoms with Gasteiger partial charge in [-0.15, -0.1) is 0 Å². The van der Waals surface area contributed by atoms with Gasteiger partial charge in [-0.25, -0.2) is 13.1 Å². The van der Waals surface area contributed by atoms with E-state index >= 15 is 0 Å². The van der Waals surface area contributed by atoms with Gasteiger partial charge in [0.1, 0.15) is 0 Å². The van der Waals surface area contributed by atoms with Crippen molar-refractivity contribution in [1.29, 1.82) is 0 Å². The van der Waals surface area contributed by atoms with Crippen LogP contribution in [-0.2, 0) is 16.6 Å². The van der Waals surface area contributed by atoms with Gasteiger partial charge in [-0.05, 0) is 30.7 Å². The fraction of sp³-hybridized carbons (Fsp3) is 0.538. The maximum atomic E-state index is 12.3. The molecule has 1 rings (SSSR count). The summed E-state index contributed by atoms with van der Waals surface area (Å²) in [6, 6.07) is 4.77. The van der Waals surface area contributed by atoms with Crippen LogP contribution in [0.15, 0.2) is 18.2 Å². The zero-order valence-corrected chi connectivity index (χ0v) is 13.3. The van der Waals surface area contributed by atoms with E-state index in [9.17, 15) is 17.2 Å². The highest BCUT2D eigenvalue weighted by atomic mass is 32.2. The van der Waals surface area contributed by atoms with Crippen LogP contribution in [-0.4, -0.2) is 41.5 Å². The molecule has 0 aromatic heterocycles. The second-order valence-corrected chi connectivity index (χ2v) is 6.39. The van der Waals surface area contributed by atoms with Crippen LogP contribution < -0.4 is 19.5 Å². The van der Waals surface area contributed by atoms with Crippen molar-refractivity contribution >= 4 is 10.0 Å². The first-order valence-corrected chi connectivity index (χ1v) is 8.48. The Morgan fingerprint density at radius 3 is 2.55 bits per heavy atom. The van der Waals surface area contributed by atoms with Crippen LogP contribution in [0.4, 0.5) is 8.78 Å². The minimum absolute atomic E-state index is 0.0180. The van der Waals surface area contributed by atoms with Gasteiger partial charge in [-0.2, -0.15) is 8.78 Å². The van der Waals surface area contributed by atoms with E-state index in [1.807, 2.05) is 0 Å². The SMILES string of the molecule is COc1ccc(CNCCCNS(C)(=O)=O)cc1OC(F)F. The summed E-state index contributed by atoms with van der Waals surface area (Å²) in [7, 11) is -1.79. The molecule has 126 valence electrons. The van der Waals surface area contributed by atoms with Crippen molar-refractivity contribution in [3.8, 4) is 11.5 Å². The molecule has 0 amide bonds. The number of hydrogen-bond donors (Lipinski definition) is 2. The van der Waals surface area contributed by atoms with Crippen molar-refractivity contribution in [2.75, 3.05) is 26.5 Å². The van der Waals surface area contributed by atoms with Gasteiger partial charge in [0.25, 0.3) is 0 Å². The summed E-state index contributed by atoms with van der Waals surface area (Å²) in [5, 5.41) is 3.09. The summed E-state index contributed by atoms with van der Waals surface area (Å²) in [6.45, 7) is -1.55. The van der Waals surface area contributed by atoms with Crippen molar-refractivity contribution in [2.45, 2.75) is 19.6 Å². The number of ether oxygens (including phenoxy) is 2. The monoisotopic (exact) mass is 338 g/mol. The fourth-order valence-electron chi connectivity index (χ4n) is 1.72. The zero-order chi connectivity index (χ0) is 16.6. The molecule has 0 aliphatic rings. The Labute approximate surface area is 128 Å². The number of nitrogens with one attached hydrogen (secondary N) is 2. The summed E-state index contributed by atoms with van der Waals surface area (Å²) in [5.74, 6) is 0.219. The van der Waals surface area contributed by atoms with Crippen LogP contribution in [0, 0.1) is 0 Å². The molecule has 22 heavy (non-hydrogen) atoms. The van der Waals surface area contributed by atoms with Crippen molar-refractivity contribution < 1.29 is 26.7 Å². The van der Waals surface area contributed by atoms with Crippen LogP contribution >= 0.6 is 0 Å². The van der Waals surface area contributed by atoms with E-state index in [1.54, 1.807) is 12.1 Å². The molecular formula is C13H20F2N2O4S. The van der Waals surface area contributed by atoms with Crippen molar-refractivity contribution in [2.24, 2.45) is 0 Å². The molecule has 0 spiro atoms. The Kier molecular flexibility index (Phi) is 7.49. The summed E-state index contributed by atoms with van der Waals surface area (Å²) in [5.41, 5.74) is 0.757. The van der Waals surface area contributed by atoms with Gasteiger partial charge >= 0.3 is 6.61 Å². The molecule has 0 bridgehead atoms. The quantitative estimate of drug-likeness (QED) is 0.630. The first-order chi connectivity index (χ1) is 10.3. The number of benzene rings is 1. The summed E-state index contributed by atoms with van der Waals surface area (Å²) in [4.78, 5) is 0. The van der Waals surface area contributed by atoms with E-state index in [1.165, 1.54) is 13.2 Å². The molecule has 0 radical (unpaired) electrons. The lowest BCUT2D eigenvalue weighted by atomic mass is 10.2. The molecule has 0 saturated heterocycles. The molecular weight excluding hydrogens is 318 g/mol. The predicted octanol–water partition coefficient (Wildman–Crippen LogP) is 1.33. The highest BCUT2D eigenvalue weighted by Crippen LogP contribution is 2.29. The van der Waals surface area contributed by atoms with Gasteiger partial charge in [0.15, 0.2) is 11.5 Å². The third kappa shape index (κ3) is 7.53. The highest BCUT2D eigenvalue weighted by molar-refractivity contribution is 7.88. The Morgan fingerprint density at radius 1 is 1.23 bits per heavy atom. The minimum Gasteiger partial charge on any atom is -0.493 e. The first-order valence-electron chi connectivity index (χ1n) is 6.59. The molecule has 0 heterocycles. The minimum atomic E-state index is -3.17. The normalized spacial score (nSPS) is 11.7. The Morgan fingerprint density at radius 2 is 1.95 bits per heavy atom. The van der Waals surface area contributed by atoms with Crippen molar-refractivity contribution in [3.63, 3.8) is 0 Å². The van der Waals surface area contributed by atoms with Gasteiger partial charge in [0.2, 0.25) is 10.0 Å². The molecule has 0 fully saturated rings. The second kappa shape index (κ2) is 8.86. The maximum Gasteiger partial charge on any atom is 0.387 e. The van der Waals surface area contributed by atoms with E-state index in [0.717, 1.165) is 11.8 Å². The highest BCUT2D eigenvalue weighted by Gasteiger charge is 2.11. The Hall–Kier alpha value is -1.45. The number of hydrogen-bond acceptors (Lipinski definition) is 5. The van der Waals surface area contributed by atoms with E-state index in [4.69, 9.17) is 4.74 Å². The lowest BCUT2D eigenvalue weighted by molar-refractivity contribution is -0.0512. The molecule has 6 nitrogen and oxygen atoms in total. The maximum absolute atomic E-state index is 12.3. The summed E-state index contributed by atoms with van der Waals surface area (Å²) in [6.07, 6.45) is 1.71. The van der Waals surface area contributed by atoms with Crippen LogP contribution in [0.3, 0.4) is 0 Å². The topological polar surface area (TPSA) is 76.7 Å². The smallest absolute Gasteiger partial charge is 0.387 e. The number of halogens is 2. The van der Waals surface area contributed by atoms with Gasteiger partial charge in [-0.1, -0.05) is 6.07 Å². The van der Waals surface area contributed by atoms with Crippen molar-refractivity contribution in [3.05, 3.63) is 23.8 Å². The average molecular weight is 338 g/mol. The largest absolute Gasteiger partial charge is 0.493 e. The molecule has 1 aromatic rings. The lowest BCUT2D eigenvalue weighted by Crippen LogP contribution is -2.26. The van der Waals surface area contributed by atoms with Crippen LogP contribution in [0.5, 0.6) is 11.5 Å². The zero-order valence-electron chi connectivity index (χ0n) is 12.4. The number of alkyl halides is 2. The third-order valence-electron chi connectivity index (χ3n) is 2.67. The molecule has 0 unspecified atom stereocenters. The molecule has 0 aliphatic carbocycles. The van der Waals surface area contributed by atoms with Crippen LogP contribution in [0.25, 0.3) is 0 Å². The molecule has 1 aromatic carbocycles. The Balaban J connectivity index is 2.42. The molecule has 0 saturated carbocycles. The third-order valence-corrected chi connectivity index (χ3v) is 3.40. The van der Waals surface area contributed by atoms with Gasteiger partial charge < -0.3 is 14.8 Å². The second-order valence-electron chi connectivity index (χ2n) is 4.56. The van der Waals surface area contributed by atoms with Crippen LogP contribution in [0.1, 0.15) is 12.0 Å². The standard InChI is InChI=1S/C13H20F2N2O4S/c1-20-11-5-4-10(8-12(11)21-13(14)15)9-16-6-3-7-17-22(2,18)19/h4-5,8,13,16-17H,3,6-7,9H2,1-2H3. The first kappa shape index (κ1) is 18.6. The molecule has 0 aliphatic heterocycles. The fourth-order valence-corrected chi connectivity index (χ4v) is 2.24. The van der Waals surface area contributed by atoms with Gasteiger partial charge in [0, 0.05) is 13.1 Å².